The maximum absolute atomic E-state index is 11.2. The van der Waals surface area contributed by atoms with Gasteiger partial charge in [-0.2, -0.15) is 0 Å². The zero-order valence-corrected chi connectivity index (χ0v) is 15.1. The molecule has 2 aliphatic rings. The third-order valence-electron chi connectivity index (χ3n) is 5.49. The van der Waals surface area contributed by atoms with Crippen LogP contribution in [0.4, 0.5) is 0 Å². The number of hydrazine groups is 1. The average Bonchev–Trinajstić information content (AvgIpc) is 3.34. The van der Waals surface area contributed by atoms with Crippen LogP contribution in [-0.4, -0.2) is 55.1 Å². The lowest BCUT2D eigenvalue weighted by atomic mass is 9.93. The molecule has 1 saturated heterocycles. The largest absolute Gasteiger partial charge is 0.345 e. The van der Waals surface area contributed by atoms with E-state index in [1.165, 1.54) is 0 Å². The number of hydrogen-bond acceptors (Lipinski definition) is 6. The first-order chi connectivity index (χ1) is 13.2. The molecule has 5 rings (SSSR count). The van der Waals surface area contributed by atoms with Gasteiger partial charge in [0.1, 0.15) is 18.4 Å². The number of carbonyl (C=O) groups is 1. The Bertz CT molecular complexity index is 1060. The van der Waals surface area contributed by atoms with Crippen LogP contribution in [0.25, 0.3) is 16.7 Å². The Morgan fingerprint density at radius 2 is 2.19 bits per heavy atom. The van der Waals surface area contributed by atoms with Crippen molar-refractivity contribution in [1.29, 1.82) is 0 Å². The summed E-state index contributed by atoms with van der Waals surface area (Å²) in [5.74, 6) is 1.60. The molecule has 0 spiro atoms. The van der Waals surface area contributed by atoms with E-state index in [9.17, 15) is 4.79 Å². The van der Waals surface area contributed by atoms with Gasteiger partial charge >= 0.3 is 0 Å². The lowest BCUT2D eigenvalue weighted by molar-refractivity contribution is -0.105. The molecule has 1 N–H and O–H groups in total. The monoisotopic (exact) mass is 363 g/mol. The van der Waals surface area contributed by atoms with Crippen LogP contribution in [0.3, 0.4) is 0 Å². The first-order valence-corrected chi connectivity index (χ1v) is 9.25. The molecule has 0 unspecified atom stereocenters. The lowest BCUT2D eigenvalue weighted by Crippen LogP contribution is -2.49. The van der Waals surface area contributed by atoms with Crippen LogP contribution < -0.4 is 0 Å². The zero-order chi connectivity index (χ0) is 18.4. The number of nitrogens with zero attached hydrogens (tertiary/aromatic N) is 6. The van der Waals surface area contributed by atoms with Gasteiger partial charge < -0.3 is 4.98 Å². The molecule has 8 heteroatoms. The minimum atomic E-state index is 0.106. The maximum Gasteiger partial charge on any atom is 0.154 e. The van der Waals surface area contributed by atoms with Gasteiger partial charge in [-0.1, -0.05) is 6.92 Å². The van der Waals surface area contributed by atoms with Crippen molar-refractivity contribution in [3.63, 3.8) is 0 Å². The molecule has 0 radical (unpaired) electrons. The van der Waals surface area contributed by atoms with E-state index in [0.717, 1.165) is 48.2 Å². The highest BCUT2D eigenvalue weighted by atomic mass is 16.1. The topological polar surface area (TPSA) is 81.9 Å². The molecule has 0 saturated carbocycles. The molecule has 0 aromatic carbocycles. The number of hydrogen-bond donors (Lipinski definition) is 1. The summed E-state index contributed by atoms with van der Waals surface area (Å²) in [7, 11) is 0. The normalized spacial score (nSPS) is 23.9. The fraction of sp³-hybridized carbons (Fsp3) is 0.368. The van der Waals surface area contributed by atoms with Crippen molar-refractivity contribution in [3.05, 3.63) is 42.3 Å². The van der Waals surface area contributed by atoms with Crippen LogP contribution in [0.15, 0.2) is 41.4 Å². The predicted octanol–water partition coefficient (Wildman–Crippen LogP) is 2.33. The highest BCUT2D eigenvalue weighted by molar-refractivity contribution is 5.77. The summed E-state index contributed by atoms with van der Waals surface area (Å²) >= 11 is 0. The van der Waals surface area contributed by atoms with Crippen molar-refractivity contribution >= 4 is 29.3 Å². The molecule has 27 heavy (non-hydrogen) atoms. The molecule has 2 aliphatic heterocycles. The summed E-state index contributed by atoms with van der Waals surface area (Å²) in [6.45, 7) is 3.73. The van der Waals surface area contributed by atoms with Gasteiger partial charge in [0, 0.05) is 24.5 Å². The molecular formula is C19H21N7O. The Hall–Kier alpha value is -3.00. The average molecular weight is 363 g/mol. The Balaban J connectivity index is 1.59. The number of rotatable bonds is 3. The lowest BCUT2D eigenvalue weighted by Gasteiger charge is -2.44. The van der Waals surface area contributed by atoms with Crippen molar-refractivity contribution in [2.24, 2.45) is 10.9 Å². The molecule has 5 heterocycles. The van der Waals surface area contributed by atoms with E-state index < -0.39 is 0 Å². The second-order valence-electron chi connectivity index (χ2n) is 7.34. The number of piperidine rings is 1. The molecule has 1 fully saturated rings. The summed E-state index contributed by atoms with van der Waals surface area (Å²) < 4.78 is 2.19. The maximum atomic E-state index is 11.2. The van der Waals surface area contributed by atoms with Crippen LogP contribution in [0.2, 0.25) is 0 Å². The molecule has 2 atom stereocenters. The van der Waals surface area contributed by atoms with E-state index in [-0.39, 0.29) is 6.04 Å². The standard InChI is InChI=1S/C19H21N7O/c1-13-3-5-25(24-10-14(11-27)7-20-12-24)17(6-13)19-23-9-15-8-22-18-16(26(15)19)2-4-21-18/h2,4,7-9,11-13,17,21H,3,5-6,10H2,1H3/t13-,17+/m0/s1. The number of aromatic amines is 1. The first kappa shape index (κ1) is 16.2. The molecule has 3 aromatic rings. The van der Waals surface area contributed by atoms with Crippen molar-refractivity contribution in [1.82, 2.24) is 29.4 Å². The zero-order valence-electron chi connectivity index (χ0n) is 15.1. The van der Waals surface area contributed by atoms with Crippen molar-refractivity contribution in [3.8, 4) is 0 Å². The SMILES string of the molecule is C[C@H]1CCN(N2C=NC=C(C=O)C2)[C@@H](c2ncc3cnc4[nH]ccc4n23)C1. The van der Waals surface area contributed by atoms with Gasteiger partial charge in [0.25, 0.3) is 0 Å². The quantitative estimate of drug-likeness (QED) is 0.722. The van der Waals surface area contributed by atoms with Crippen LogP contribution >= 0.6 is 0 Å². The number of H-pyrrole nitrogens is 1. The molecule has 0 bridgehead atoms. The van der Waals surface area contributed by atoms with Gasteiger partial charge in [-0.05, 0) is 24.8 Å². The Kier molecular flexibility index (Phi) is 3.78. The Morgan fingerprint density at radius 1 is 1.30 bits per heavy atom. The van der Waals surface area contributed by atoms with E-state index in [1.807, 2.05) is 24.7 Å². The number of aromatic nitrogens is 4. The number of fused-ring (bicyclic) bond motifs is 3. The number of imidazole rings is 1. The van der Waals surface area contributed by atoms with Gasteiger partial charge in [-0.15, -0.1) is 0 Å². The van der Waals surface area contributed by atoms with Crippen LogP contribution in [0.1, 0.15) is 31.6 Å². The molecule has 0 aliphatic carbocycles. The van der Waals surface area contributed by atoms with E-state index in [1.54, 1.807) is 12.5 Å². The van der Waals surface area contributed by atoms with Crippen LogP contribution in [0.5, 0.6) is 0 Å². The van der Waals surface area contributed by atoms with E-state index in [4.69, 9.17) is 4.98 Å². The Morgan fingerprint density at radius 3 is 3.07 bits per heavy atom. The van der Waals surface area contributed by atoms with E-state index in [0.29, 0.717) is 18.0 Å². The van der Waals surface area contributed by atoms with Crippen molar-refractivity contribution < 1.29 is 4.79 Å². The third kappa shape index (κ3) is 2.64. The molecule has 0 amide bonds. The van der Waals surface area contributed by atoms with E-state index >= 15 is 0 Å². The molecule has 138 valence electrons. The summed E-state index contributed by atoms with van der Waals surface area (Å²) in [5.41, 5.74) is 3.54. The van der Waals surface area contributed by atoms with Crippen molar-refractivity contribution in [2.75, 3.05) is 13.1 Å². The fourth-order valence-electron chi connectivity index (χ4n) is 4.11. The van der Waals surface area contributed by atoms with Crippen LogP contribution in [0, 0.1) is 5.92 Å². The number of carbonyl (C=O) groups excluding carboxylic acids is 1. The second-order valence-corrected chi connectivity index (χ2v) is 7.34. The molecule has 3 aromatic heterocycles. The predicted molar refractivity (Wildman–Crippen MR) is 102 cm³/mol. The summed E-state index contributed by atoms with van der Waals surface area (Å²) in [4.78, 5) is 27.9. The molecule has 8 nitrogen and oxygen atoms in total. The Labute approximate surface area is 156 Å². The minimum Gasteiger partial charge on any atom is -0.345 e. The highest BCUT2D eigenvalue weighted by Gasteiger charge is 2.34. The smallest absolute Gasteiger partial charge is 0.154 e. The van der Waals surface area contributed by atoms with E-state index in [2.05, 4.69) is 36.3 Å². The summed E-state index contributed by atoms with van der Waals surface area (Å²) in [5, 5.41) is 4.35. The van der Waals surface area contributed by atoms with Gasteiger partial charge in [0.15, 0.2) is 5.65 Å². The number of nitrogens with one attached hydrogen (secondary N) is 1. The van der Waals surface area contributed by atoms with Gasteiger partial charge in [0.05, 0.1) is 36.0 Å². The summed E-state index contributed by atoms with van der Waals surface area (Å²) in [6, 6.07) is 2.14. The fourth-order valence-corrected chi connectivity index (χ4v) is 4.11. The third-order valence-corrected chi connectivity index (χ3v) is 5.49. The first-order valence-electron chi connectivity index (χ1n) is 9.25. The van der Waals surface area contributed by atoms with Crippen molar-refractivity contribution in [2.45, 2.75) is 25.8 Å². The van der Waals surface area contributed by atoms with Crippen LogP contribution in [-0.2, 0) is 4.79 Å². The van der Waals surface area contributed by atoms with Gasteiger partial charge in [-0.25, -0.2) is 20.0 Å². The van der Waals surface area contributed by atoms with Gasteiger partial charge in [0.2, 0.25) is 0 Å². The number of aldehydes is 1. The molecular weight excluding hydrogens is 342 g/mol. The summed E-state index contributed by atoms with van der Waals surface area (Å²) in [6.07, 6.45) is 12.0. The number of aliphatic imine (C=N–C) groups is 1. The highest BCUT2D eigenvalue weighted by Crippen LogP contribution is 2.35. The second kappa shape index (κ2) is 6.31. The minimum absolute atomic E-state index is 0.106. The van der Waals surface area contributed by atoms with Gasteiger partial charge in [-0.3, -0.25) is 14.2 Å².